The number of aromatic nitrogens is 1. The first-order valence-electron chi connectivity index (χ1n) is 4.58. The van der Waals surface area contributed by atoms with Gasteiger partial charge in [0.2, 0.25) is 0 Å². The smallest absolute Gasteiger partial charge is 0.0794 e. The Labute approximate surface area is 82.0 Å². The van der Waals surface area contributed by atoms with Crippen LogP contribution in [-0.4, -0.2) is 34.2 Å². The van der Waals surface area contributed by atoms with Crippen molar-refractivity contribution in [2.45, 2.75) is 25.5 Å². The third kappa shape index (κ3) is 1.90. The van der Waals surface area contributed by atoms with E-state index in [1.807, 2.05) is 11.7 Å². The molecule has 1 aliphatic heterocycles. The van der Waals surface area contributed by atoms with E-state index in [0.29, 0.717) is 6.04 Å². The van der Waals surface area contributed by atoms with E-state index in [2.05, 4.69) is 16.8 Å². The third-order valence-electron chi connectivity index (χ3n) is 2.61. The lowest BCUT2D eigenvalue weighted by Gasteiger charge is -2.21. The molecule has 72 valence electrons. The summed E-state index contributed by atoms with van der Waals surface area (Å²) < 4.78 is 0. The van der Waals surface area contributed by atoms with Crippen LogP contribution in [0.4, 0.5) is 0 Å². The Morgan fingerprint density at radius 2 is 2.62 bits per heavy atom. The molecule has 1 N–H and O–H groups in total. The maximum absolute atomic E-state index is 9.39. The van der Waals surface area contributed by atoms with Crippen molar-refractivity contribution in [3.8, 4) is 0 Å². The number of thiazole rings is 1. The monoisotopic (exact) mass is 198 g/mol. The highest BCUT2D eigenvalue weighted by molar-refractivity contribution is 7.09. The first-order valence-corrected chi connectivity index (χ1v) is 5.46. The van der Waals surface area contributed by atoms with Gasteiger partial charge in [0.25, 0.3) is 0 Å². The van der Waals surface area contributed by atoms with Crippen LogP contribution < -0.4 is 0 Å². The molecule has 0 aliphatic carbocycles. The van der Waals surface area contributed by atoms with E-state index in [1.54, 1.807) is 11.3 Å². The normalized spacial score (nSPS) is 26.5. The first-order chi connectivity index (χ1) is 6.27. The van der Waals surface area contributed by atoms with E-state index in [0.717, 1.165) is 19.5 Å². The fourth-order valence-electron chi connectivity index (χ4n) is 1.73. The van der Waals surface area contributed by atoms with Gasteiger partial charge in [0.1, 0.15) is 0 Å². The summed E-state index contributed by atoms with van der Waals surface area (Å²) in [5.41, 5.74) is 1.86. The fraction of sp³-hybridized carbons (Fsp3) is 0.667. The SMILES string of the molecule is CC(c1cncs1)N1CC[C@@H](O)C1. The van der Waals surface area contributed by atoms with Gasteiger partial charge in [0.15, 0.2) is 0 Å². The van der Waals surface area contributed by atoms with E-state index in [-0.39, 0.29) is 6.10 Å². The lowest BCUT2D eigenvalue weighted by Crippen LogP contribution is -2.24. The molecule has 1 aliphatic rings. The second kappa shape index (κ2) is 3.74. The predicted molar refractivity (Wildman–Crippen MR) is 52.7 cm³/mol. The topological polar surface area (TPSA) is 36.4 Å². The summed E-state index contributed by atoms with van der Waals surface area (Å²) in [6.45, 7) is 3.98. The number of nitrogens with zero attached hydrogens (tertiary/aromatic N) is 2. The summed E-state index contributed by atoms with van der Waals surface area (Å²) in [6.07, 6.45) is 2.69. The molecule has 0 aromatic carbocycles. The predicted octanol–water partition coefficient (Wildman–Crippen LogP) is 1.27. The molecule has 2 atom stereocenters. The van der Waals surface area contributed by atoms with Crippen molar-refractivity contribution in [2.75, 3.05) is 13.1 Å². The quantitative estimate of drug-likeness (QED) is 0.777. The molecule has 2 rings (SSSR count). The second-order valence-corrected chi connectivity index (χ2v) is 4.44. The summed E-state index contributed by atoms with van der Waals surface area (Å²) in [5, 5.41) is 9.39. The molecular formula is C9H14N2OS. The summed E-state index contributed by atoms with van der Waals surface area (Å²) in [5.74, 6) is 0. The number of β-amino-alcohol motifs (C(OH)–C–C–N with tert-alkyl or cyclic N) is 1. The van der Waals surface area contributed by atoms with Gasteiger partial charge < -0.3 is 5.11 Å². The van der Waals surface area contributed by atoms with E-state index in [4.69, 9.17) is 0 Å². The van der Waals surface area contributed by atoms with Crippen molar-refractivity contribution in [1.82, 2.24) is 9.88 Å². The van der Waals surface area contributed by atoms with Crippen LogP contribution in [0, 0.1) is 0 Å². The van der Waals surface area contributed by atoms with Crippen molar-refractivity contribution in [1.29, 1.82) is 0 Å². The Bertz CT molecular complexity index is 263. The van der Waals surface area contributed by atoms with Crippen molar-refractivity contribution < 1.29 is 5.11 Å². The standard InChI is InChI=1S/C9H14N2OS/c1-7(9-4-10-6-13-9)11-3-2-8(12)5-11/h4,6-8,12H,2-3,5H2,1H3/t7?,8-/m1/s1. The minimum Gasteiger partial charge on any atom is -0.392 e. The highest BCUT2D eigenvalue weighted by Gasteiger charge is 2.25. The zero-order valence-electron chi connectivity index (χ0n) is 7.68. The van der Waals surface area contributed by atoms with Gasteiger partial charge in [0.05, 0.1) is 11.6 Å². The molecule has 0 saturated carbocycles. The second-order valence-electron chi connectivity index (χ2n) is 3.52. The Morgan fingerprint density at radius 1 is 1.77 bits per heavy atom. The number of rotatable bonds is 2. The zero-order valence-corrected chi connectivity index (χ0v) is 8.50. The first kappa shape index (κ1) is 9.12. The number of aliphatic hydroxyl groups is 1. The molecule has 0 radical (unpaired) electrons. The Kier molecular flexibility index (Phi) is 2.62. The summed E-state index contributed by atoms with van der Waals surface area (Å²) in [7, 11) is 0. The van der Waals surface area contributed by atoms with Crippen LogP contribution in [0.1, 0.15) is 24.3 Å². The highest BCUT2D eigenvalue weighted by Crippen LogP contribution is 2.26. The third-order valence-corrected chi connectivity index (χ3v) is 3.55. The van der Waals surface area contributed by atoms with Crippen LogP contribution in [-0.2, 0) is 0 Å². The van der Waals surface area contributed by atoms with E-state index in [1.165, 1.54) is 4.88 Å². The number of likely N-dealkylation sites (tertiary alicyclic amines) is 1. The van der Waals surface area contributed by atoms with Gasteiger partial charge in [-0.3, -0.25) is 9.88 Å². The van der Waals surface area contributed by atoms with Crippen molar-refractivity contribution in [2.24, 2.45) is 0 Å². The van der Waals surface area contributed by atoms with E-state index < -0.39 is 0 Å². The zero-order chi connectivity index (χ0) is 9.26. The molecule has 0 bridgehead atoms. The molecular weight excluding hydrogens is 184 g/mol. The van der Waals surface area contributed by atoms with E-state index in [9.17, 15) is 5.11 Å². The molecule has 4 heteroatoms. The number of aliphatic hydroxyl groups excluding tert-OH is 1. The van der Waals surface area contributed by atoms with Crippen molar-refractivity contribution in [3.63, 3.8) is 0 Å². The van der Waals surface area contributed by atoms with Crippen LogP contribution >= 0.6 is 11.3 Å². The average molecular weight is 198 g/mol. The minimum atomic E-state index is -0.129. The average Bonchev–Trinajstić information content (AvgIpc) is 2.72. The minimum absolute atomic E-state index is 0.129. The van der Waals surface area contributed by atoms with Crippen LogP contribution in [0.3, 0.4) is 0 Å². The molecule has 1 saturated heterocycles. The van der Waals surface area contributed by atoms with Crippen LogP contribution in [0.2, 0.25) is 0 Å². The molecule has 1 aromatic heterocycles. The van der Waals surface area contributed by atoms with Crippen LogP contribution in [0.15, 0.2) is 11.7 Å². The summed E-state index contributed by atoms with van der Waals surface area (Å²) in [6, 6.07) is 0.407. The van der Waals surface area contributed by atoms with Gasteiger partial charge in [0, 0.05) is 30.2 Å². The maximum atomic E-state index is 9.39. The molecule has 1 fully saturated rings. The Balaban J connectivity index is 2.02. The molecule has 3 nitrogen and oxygen atoms in total. The van der Waals surface area contributed by atoms with Gasteiger partial charge in [-0.05, 0) is 13.3 Å². The maximum Gasteiger partial charge on any atom is 0.0794 e. The Hall–Kier alpha value is -0.450. The molecule has 2 heterocycles. The molecule has 13 heavy (non-hydrogen) atoms. The fourth-order valence-corrected chi connectivity index (χ4v) is 2.44. The van der Waals surface area contributed by atoms with E-state index >= 15 is 0 Å². The van der Waals surface area contributed by atoms with Crippen molar-refractivity contribution >= 4 is 11.3 Å². The van der Waals surface area contributed by atoms with Crippen molar-refractivity contribution in [3.05, 3.63) is 16.6 Å². The number of hydrogen-bond acceptors (Lipinski definition) is 4. The molecule has 0 spiro atoms. The summed E-state index contributed by atoms with van der Waals surface area (Å²) >= 11 is 1.68. The van der Waals surface area contributed by atoms with Crippen LogP contribution in [0.5, 0.6) is 0 Å². The molecule has 0 amide bonds. The lowest BCUT2D eigenvalue weighted by atomic mass is 10.2. The Morgan fingerprint density at radius 3 is 3.15 bits per heavy atom. The van der Waals surface area contributed by atoms with Crippen LogP contribution in [0.25, 0.3) is 0 Å². The lowest BCUT2D eigenvalue weighted by molar-refractivity contribution is 0.164. The van der Waals surface area contributed by atoms with Gasteiger partial charge in [-0.1, -0.05) is 0 Å². The molecule has 1 unspecified atom stereocenters. The molecule has 1 aromatic rings. The number of hydrogen-bond donors (Lipinski definition) is 1. The highest BCUT2D eigenvalue weighted by atomic mass is 32.1. The van der Waals surface area contributed by atoms with Gasteiger partial charge >= 0.3 is 0 Å². The van der Waals surface area contributed by atoms with Gasteiger partial charge in [-0.15, -0.1) is 11.3 Å². The van der Waals surface area contributed by atoms with Gasteiger partial charge in [-0.2, -0.15) is 0 Å². The summed E-state index contributed by atoms with van der Waals surface area (Å²) in [4.78, 5) is 7.65. The van der Waals surface area contributed by atoms with Gasteiger partial charge in [-0.25, -0.2) is 0 Å². The largest absolute Gasteiger partial charge is 0.392 e.